The highest BCUT2D eigenvalue weighted by Gasteiger charge is 2.23. The van der Waals surface area contributed by atoms with E-state index in [0.717, 1.165) is 43.3 Å². The van der Waals surface area contributed by atoms with Gasteiger partial charge in [0.2, 0.25) is 0 Å². The predicted octanol–water partition coefficient (Wildman–Crippen LogP) is 4.39. The van der Waals surface area contributed by atoms with E-state index < -0.39 is 4.92 Å². The van der Waals surface area contributed by atoms with Gasteiger partial charge in [0, 0.05) is 36.3 Å². The molecule has 1 aliphatic heterocycles. The van der Waals surface area contributed by atoms with Crippen LogP contribution < -0.4 is 10.2 Å². The molecule has 0 spiro atoms. The minimum Gasteiger partial charge on any atom is -0.366 e. The van der Waals surface area contributed by atoms with Crippen molar-refractivity contribution in [3.8, 4) is 0 Å². The van der Waals surface area contributed by atoms with Crippen LogP contribution in [0.2, 0.25) is 0 Å². The number of hydrogen-bond donors (Lipinski definition) is 1. The number of hydrogen-bond acceptors (Lipinski definition) is 5. The summed E-state index contributed by atoms with van der Waals surface area (Å²) < 4.78 is 0. The summed E-state index contributed by atoms with van der Waals surface area (Å²) in [6.45, 7) is 1.60. The van der Waals surface area contributed by atoms with Crippen LogP contribution >= 0.6 is 0 Å². The number of carbonyl (C=O) groups is 1. The van der Waals surface area contributed by atoms with E-state index >= 15 is 0 Å². The Hall–Kier alpha value is -3.48. The summed E-state index contributed by atoms with van der Waals surface area (Å²) >= 11 is 0. The Bertz CT molecular complexity index is 1040. The fraction of sp³-hybridized carbons (Fsp3) is 0.238. The molecule has 0 unspecified atom stereocenters. The predicted molar refractivity (Wildman–Crippen MR) is 109 cm³/mol. The summed E-state index contributed by atoms with van der Waals surface area (Å²) in [4.78, 5) is 30.3. The highest BCUT2D eigenvalue weighted by atomic mass is 16.6. The first-order valence-electron chi connectivity index (χ1n) is 9.32. The molecule has 7 heteroatoms. The monoisotopic (exact) mass is 376 g/mol. The Morgan fingerprint density at radius 2 is 1.89 bits per heavy atom. The van der Waals surface area contributed by atoms with Gasteiger partial charge in [-0.1, -0.05) is 6.07 Å². The molecule has 0 atom stereocenters. The fourth-order valence-corrected chi connectivity index (χ4v) is 3.62. The maximum atomic E-state index is 12.8. The van der Waals surface area contributed by atoms with Gasteiger partial charge in [0.25, 0.3) is 11.6 Å². The molecular formula is C21H20N4O3. The van der Waals surface area contributed by atoms with Crippen LogP contribution in [0.5, 0.6) is 0 Å². The van der Waals surface area contributed by atoms with Gasteiger partial charge in [0.15, 0.2) is 0 Å². The number of nitro benzene ring substituents is 1. The number of piperidine rings is 1. The number of rotatable bonds is 4. The van der Waals surface area contributed by atoms with Crippen LogP contribution in [-0.4, -0.2) is 28.9 Å². The zero-order chi connectivity index (χ0) is 19.5. The van der Waals surface area contributed by atoms with Gasteiger partial charge in [-0.15, -0.1) is 0 Å². The van der Waals surface area contributed by atoms with Gasteiger partial charge in [0.1, 0.15) is 5.69 Å². The third-order valence-corrected chi connectivity index (χ3v) is 5.02. The van der Waals surface area contributed by atoms with E-state index in [9.17, 15) is 14.9 Å². The van der Waals surface area contributed by atoms with Gasteiger partial charge in [0.05, 0.1) is 16.1 Å². The highest BCUT2D eigenvalue weighted by molar-refractivity contribution is 6.09. The topological polar surface area (TPSA) is 88.4 Å². The number of nitrogens with one attached hydrogen (secondary N) is 1. The average Bonchev–Trinajstić information content (AvgIpc) is 2.74. The Labute approximate surface area is 162 Å². The molecule has 1 aliphatic rings. The lowest BCUT2D eigenvalue weighted by molar-refractivity contribution is -0.384. The molecule has 0 bridgehead atoms. The summed E-state index contributed by atoms with van der Waals surface area (Å²) in [5, 5.41) is 15.3. The fourth-order valence-electron chi connectivity index (χ4n) is 3.62. The van der Waals surface area contributed by atoms with E-state index in [-0.39, 0.29) is 17.2 Å². The molecule has 7 nitrogen and oxygen atoms in total. The van der Waals surface area contributed by atoms with Crippen molar-refractivity contribution in [1.82, 2.24) is 4.98 Å². The minimum absolute atomic E-state index is 0.0332. The molecule has 0 radical (unpaired) electrons. The maximum absolute atomic E-state index is 12.8. The Morgan fingerprint density at radius 1 is 1.07 bits per heavy atom. The van der Waals surface area contributed by atoms with Crippen molar-refractivity contribution in [3.05, 3.63) is 70.4 Å². The first kappa shape index (κ1) is 17.9. The summed E-state index contributed by atoms with van der Waals surface area (Å²) in [6, 6.07) is 13.8. The second-order valence-corrected chi connectivity index (χ2v) is 6.84. The van der Waals surface area contributed by atoms with E-state index in [1.165, 1.54) is 6.07 Å². The van der Waals surface area contributed by atoms with Gasteiger partial charge in [-0.05, 0) is 55.7 Å². The second-order valence-electron chi connectivity index (χ2n) is 6.84. The molecule has 1 N–H and O–H groups in total. The number of benzene rings is 2. The lowest BCUT2D eigenvalue weighted by atomic mass is 10.1. The summed E-state index contributed by atoms with van der Waals surface area (Å²) in [7, 11) is 0. The lowest BCUT2D eigenvalue weighted by Crippen LogP contribution is -2.30. The van der Waals surface area contributed by atoms with Crippen molar-refractivity contribution < 1.29 is 9.72 Å². The molecule has 2 aromatic carbocycles. The molecule has 0 saturated carbocycles. The molecule has 4 rings (SSSR count). The number of fused-ring (bicyclic) bond motifs is 1. The van der Waals surface area contributed by atoms with Gasteiger partial charge in [-0.3, -0.25) is 19.9 Å². The van der Waals surface area contributed by atoms with Crippen LogP contribution in [0.1, 0.15) is 29.6 Å². The molecule has 1 amide bonds. The average molecular weight is 376 g/mol. The zero-order valence-corrected chi connectivity index (χ0v) is 15.3. The van der Waals surface area contributed by atoms with Crippen LogP contribution in [0, 0.1) is 10.1 Å². The first-order valence-corrected chi connectivity index (χ1v) is 9.32. The zero-order valence-electron chi connectivity index (χ0n) is 15.3. The number of nitrogens with zero attached hydrogens (tertiary/aromatic N) is 3. The molecule has 2 heterocycles. The van der Waals surface area contributed by atoms with Crippen LogP contribution in [0.3, 0.4) is 0 Å². The van der Waals surface area contributed by atoms with E-state index in [0.29, 0.717) is 11.4 Å². The van der Waals surface area contributed by atoms with Crippen molar-refractivity contribution >= 4 is 33.9 Å². The quantitative estimate of drug-likeness (QED) is 0.539. The molecule has 3 aromatic rings. The molecule has 1 aromatic heterocycles. The van der Waals surface area contributed by atoms with Crippen LogP contribution in [0.4, 0.5) is 17.1 Å². The van der Waals surface area contributed by atoms with Crippen molar-refractivity contribution in [3.63, 3.8) is 0 Å². The van der Waals surface area contributed by atoms with Gasteiger partial charge >= 0.3 is 0 Å². The normalized spacial score (nSPS) is 14.1. The molecule has 142 valence electrons. The summed E-state index contributed by atoms with van der Waals surface area (Å²) in [5.74, 6) is -0.385. The Kier molecular flexibility index (Phi) is 4.89. The standard InChI is InChI=1S/C21H20N4O3/c26-21(23-18-8-4-7-17-16(18)6-5-11-22-17)15-9-10-19(20(14-15)25(27)28)24-12-2-1-3-13-24/h4-11,14H,1-3,12-13H2,(H,23,26). The van der Waals surface area contributed by atoms with Gasteiger partial charge < -0.3 is 10.2 Å². The van der Waals surface area contributed by atoms with Crippen LogP contribution in [0.15, 0.2) is 54.7 Å². The van der Waals surface area contributed by atoms with Crippen molar-refractivity contribution in [2.45, 2.75) is 19.3 Å². The number of carbonyl (C=O) groups excluding carboxylic acids is 1. The van der Waals surface area contributed by atoms with E-state index in [1.54, 1.807) is 30.5 Å². The Balaban J connectivity index is 1.64. The SMILES string of the molecule is O=C(Nc1cccc2ncccc12)c1ccc(N2CCCCC2)c([N+](=O)[O-])c1. The number of anilines is 2. The van der Waals surface area contributed by atoms with Crippen molar-refractivity contribution in [2.24, 2.45) is 0 Å². The van der Waals surface area contributed by atoms with Crippen LogP contribution in [-0.2, 0) is 0 Å². The summed E-state index contributed by atoms with van der Waals surface area (Å²) in [6.07, 6.45) is 4.88. The van der Waals surface area contributed by atoms with Crippen molar-refractivity contribution in [1.29, 1.82) is 0 Å². The van der Waals surface area contributed by atoms with E-state index in [1.807, 2.05) is 23.1 Å². The third-order valence-electron chi connectivity index (χ3n) is 5.02. The molecule has 1 saturated heterocycles. The molecule has 1 fully saturated rings. The van der Waals surface area contributed by atoms with Gasteiger partial charge in [-0.25, -0.2) is 0 Å². The van der Waals surface area contributed by atoms with E-state index in [2.05, 4.69) is 10.3 Å². The largest absolute Gasteiger partial charge is 0.366 e. The first-order chi connectivity index (χ1) is 13.6. The second kappa shape index (κ2) is 7.64. The van der Waals surface area contributed by atoms with Crippen molar-refractivity contribution in [2.75, 3.05) is 23.3 Å². The van der Waals surface area contributed by atoms with Gasteiger partial charge in [-0.2, -0.15) is 0 Å². The third kappa shape index (κ3) is 3.51. The van der Waals surface area contributed by atoms with Crippen LogP contribution in [0.25, 0.3) is 10.9 Å². The lowest BCUT2D eigenvalue weighted by Gasteiger charge is -2.28. The Morgan fingerprint density at radius 3 is 2.68 bits per heavy atom. The smallest absolute Gasteiger partial charge is 0.293 e. The molecule has 0 aliphatic carbocycles. The molecular weight excluding hydrogens is 356 g/mol. The maximum Gasteiger partial charge on any atom is 0.293 e. The molecule has 28 heavy (non-hydrogen) atoms. The highest BCUT2D eigenvalue weighted by Crippen LogP contribution is 2.32. The number of aromatic nitrogens is 1. The van der Waals surface area contributed by atoms with E-state index in [4.69, 9.17) is 0 Å². The number of pyridine rings is 1. The summed E-state index contributed by atoms with van der Waals surface area (Å²) in [5.41, 5.74) is 2.20. The number of nitro groups is 1. The number of amides is 1. The minimum atomic E-state index is -0.414.